The number of nitrogens with one attached hydrogen (secondary N) is 1. The normalized spacial score (nSPS) is 20.2. The number of hydrogen-bond donors (Lipinski definition) is 2. The number of phenols is 1. The molecule has 48 heavy (non-hydrogen) atoms. The van der Waals surface area contributed by atoms with Gasteiger partial charge < -0.3 is 34.6 Å². The van der Waals surface area contributed by atoms with E-state index in [9.17, 15) is 19.5 Å². The molecular formula is C37H53N5O6. The van der Waals surface area contributed by atoms with Crippen LogP contribution in [0.4, 0.5) is 15.3 Å². The number of amides is 4. The summed E-state index contributed by atoms with van der Waals surface area (Å²) in [6.07, 6.45) is 5.01. The zero-order valence-corrected chi connectivity index (χ0v) is 29.1. The van der Waals surface area contributed by atoms with Crippen LogP contribution < -0.4 is 5.32 Å². The molecule has 11 nitrogen and oxygen atoms in total. The topological polar surface area (TPSA) is 115 Å². The first-order chi connectivity index (χ1) is 23.1. The summed E-state index contributed by atoms with van der Waals surface area (Å²) in [4.78, 5) is 45.0. The Morgan fingerprint density at radius 2 is 1.52 bits per heavy atom. The van der Waals surface area contributed by atoms with Crippen LogP contribution in [0.1, 0.15) is 54.9 Å². The number of piperidine rings is 2. The van der Waals surface area contributed by atoms with Crippen LogP contribution in [0.5, 0.6) is 5.75 Å². The number of ether oxygens (including phenoxy) is 2. The van der Waals surface area contributed by atoms with E-state index in [4.69, 9.17) is 9.47 Å². The first-order valence-electron chi connectivity index (χ1n) is 17.5. The Morgan fingerprint density at radius 1 is 0.917 bits per heavy atom. The Morgan fingerprint density at radius 3 is 2.17 bits per heavy atom. The van der Waals surface area contributed by atoms with Crippen molar-refractivity contribution in [1.29, 1.82) is 0 Å². The Bertz CT molecular complexity index is 1390. The maximum atomic E-state index is 12.9. The van der Waals surface area contributed by atoms with Crippen LogP contribution in [-0.2, 0) is 27.1 Å². The molecule has 0 aromatic heterocycles. The smallest absolute Gasteiger partial charge is 0.409 e. The van der Waals surface area contributed by atoms with Crippen molar-refractivity contribution in [3.8, 4) is 5.75 Å². The number of benzene rings is 2. The van der Waals surface area contributed by atoms with Gasteiger partial charge in [-0.3, -0.25) is 9.69 Å². The molecule has 4 amide bonds. The van der Waals surface area contributed by atoms with Crippen molar-refractivity contribution >= 4 is 23.7 Å². The molecule has 6 rings (SSSR count). The van der Waals surface area contributed by atoms with E-state index in [-0.39, 0.29) is 30.0 Å². The van der Waals surface area contributed by atoms with Gasteiger partial charge in [-0.2, -0.15) is 0 Å². The third-order valence-electron chi connectivity index (χ3n) is 10.3. The lowest BCUT2D eigenvalue weighted by molar-refractivity contribution is -0.136. The van der Waals surface area contributed by atoms with Gasteiger partial charge in [0.25, 0.3) is 0 Å². The molecule has 11 heteroatoms. The number of morpholine rings is 1. The highest BCUT2D eigenvalue weighted by atomic mass is 16.5. The number of carbonyl (C=O) groups excluding carboxylic acids is 3. The van der Waals surface area contributed by atoms with Crippen molar-refractivity contribution < 1.29 is 29.0 Å². The van der Waals surface area contributed by atoms with Gasteiger partial charge in [0.2, 0.25) is 5.91 Å². The van der Waals surface area contributed by atoms with Crippen LogP contribution >= 0.6 is 0 Å². The summed E-state index contributed by atoms with van der Waals surface area (Å²) in [5.74, 6) is 0.588. The van der Waals surface area contributed by atoms with Gasteiger partial charge in [0.15, 0.2) is 0 Å². The van der Waals surface area contributed by atoms with Gasteiger partial charge in [0.05, 0.1) is 20.3 Å². The molecular weight excluding hydrogens is 610 g/mol. The lowest BCUT2D eigenvalue weighted by atomic mass is 9.95. The second-order valence-electron chi connectivity index (χ2n) is 13.6. The van der Waals surface area contributed by atoms with Crippen LogP contribution in [0.3, 0.4) is 0 Å². The second kappa shape index (κ2) is 16.5. The molecule has 1 atom stereocenters. The van der Waals surface area contributed by atoms with E-state index in [1.54, 1.807) is 4.90 Å². The number of anilines is 1. The lowest BCUT2D eigenvalue weighted by Crippen LogP contribution is -2.50. The van der Waals surface area contributed by atoms with Gasteiger partial charge in [-0.1, -0.05) is 37.3 Å². The monoisotopic (exact) mass is 663 g/mol. The number of fused-ring (bicyclic) bond motifs is 1. The second-order valence-corrected chi connectivity index (χ2v) is 13.6. The maximum absolute atomic E-state index is 12.9. The van der Waals surface area contributed by atoms with Crippen molar-refractivity contribution in [2.24, 2.45) is 5.92 Å². The van der Waals surface area contributed by atoms with E-state index in [0.717, 1.165) is 100 Å². The van der Waals surface area contributed by atoms with Crippen molar-refractivity contribution in [2.45, 2.75) is 71.4 Å². The number of para-hydroxylation sites is 1. The van der Waals surface area contributed by atoms with Crippen LogP contribution in [0.15, 0.2) is 36.4 Å². The molecule has 3 fully saturated rings. The Balaban J connectivity index is 0.000000190. The first kappa shape index (κ1) is 35.5. The van der Waals surface area contributed by atoms with Crippen LogP contribution in [0.25, 0.3) is 0 Å². The van der Waals surface area contributed by atoms with E-state index < -0.39 is 0 Å². The van der Waals surface area contributed by atoms with E-state index in [1.165, 1.54) is 12.7 Å². The number of rotatable bonds is 5. The summed E-state index contributed by atoms with van der Waals surface area (Å²) < 4.78 is 10.2. The number of nitrogens with zero attached hydrogens (tertiary/aromatic N) is 4. The van der Waals surface area contributed by atoms with Gasteiger partial charge in [-0.25, -0.2) is 9.59 Å². The van der Waals surface area contributed by atoms with E-state index >= 15 is 0 Å². The minimum atomic E-state index is -0.286. The number of methoxy groups -OCH3 is 1. The zero-order chi connectivity index (χ0) is 34.2. The van der Waals surface area contributed by atoms with E-state index in [0.29, 0.717) is 31.4 Å². The van der Waals surface area contributed by atoms with Crippen LogP contribution in [0, 0.1) is 19.8 Å². The van der Waals surface area contributed by atoms with E-state index in [1.807, 2.05) is 60.9 Å². The summed E-state index contributed by atoms with van der Waals surface area (Å²) in [7, 11) is 1.40. The standard InChI is InChI=1S/C21H32N2O3.C16H21N3O3/c1-15-12-18(13-16(2)20(15)24)14-17(3)21(25)23-6-4-19(5-7-23)22-8-10-26-11-9-22;1-22-16(21)18-9-7-13(8-10-18)19-11-6-12-4-2-3-5-14(12)17-15(19)20/h12-13,17,19,24H,4-11,14H2,1-3H3;2-5,13H,6-11H2,1H3,(H,17,20)/t17-;/m1./s1. The number of hydrogen-bond acceptors (Lipinski definition) is 7. The molecule has 2 aromatic rings. The van der Waals surface area contributed by atoms with E-state index in [2.05, 4.69) is 16.3 Å². The molecule has 2 aromatic carbocycles. The lowest BCUT2D eigenvalue weighted by Gasteiger charge is -2.40. The highest BCUT2D eigenvalue weighted by molar-refractivity contribution is 5.91. The van der Waals surface area contributed by atoms with Gasteiger partial charge in [0.1, 0.15) is 5.75 Å². The number of carbonyl (C=O) groups is 3. The average Bonchev–Trinajstić information content (AvgIpc) is 3.28. The van der Waals surface area contributed by atoms with Crippen LogP contribution in [-0.4, -0.2) is 121 Å². The SMILES string of the molecule is COC(=O)N1CCC(N2CCc3ccccc3NC2=O)CC1.Cc1cc(C[C@@H](C)C(=O)N2CCC(N3CCOCC3)CC2)cc(C)c1O. The number of likely N-dealkylation sites (tertiary alicyclic amines) is 2. The Labute approximate surface area is 285 Å². The average molecular weight is 664 g/mol. The quantitative estimate of drug-likeness (QED) is 0.472. The molecule has 3 saturated heterocycles. The molecule has 262 valence electrons. The summed E-state index contributed by atoms with van der Waals surface area (Å²) in [5.41, 5.74) is 4.96. The molecule has 0 saturated carbocycles. The third-order valence-corrected chi connectivity index (χ3v) is 10.3. The fourth-order valence-electron chi connectivity index (χ4n) is 7.54. The van der Waals surface area contributed by atoms with Crippen molar-refractivity contribution in [3.63, 3.8) is 0 Å². The summed E-state index contributed by atoms with van der Waals surface area (Å²) in [6.45, 7) is 13.3. The fraction of sp³-hybridized carbons (Fsp3) is 0.595. The minimum Gasteiger partial charge on any atom is -0.507 e. The molecule has 4 aliphatic heterocycles. The molecule has 0 bridgehead atoms. The highest BCUT2D eigenvalue weighted by Crippen LogP contribution is 2.27. The maximum Gasteiger partial charge on any atom is 0.409 e. The molecule has 0 aliphatic carbocycles. The molecule has 2 N–H and O–H groups in total. The first-order valence-corrected chi connectivity index (χ1v) is 17.5. The van der Waals surface area contributed by atoms with Crippen LogP contribution in [0.2, 0.25) is 0 Å². The zero-order valence-electron chi connectivity index (χ0n) is 29.1. The Kier molecular flexibility index (Phi) is 12.2. The molecule has 0 radical (unpaired) electrons. The van der Waals surface area contributed by atoms with Crippen molar-refractivity contribution in [3.05, 3.63) is 58.7 Å². The minimum absolute atomic E-state index is 0.0294. The highest BCUT2D eigenvalue weighted by Gasteiger charge is 2.32. The predicted octanol–water partition coefficient (Wildman–Crippen LogP) is 4.82. The number of aryl methyl sites for hydroxylation is 2. The van der Waals surface area contributed by atoms with Gasteiger partial charge in [-0.15, -0.1) is 0 Å². The molecule has 0 unspecified atom stereocenters. The van der Waals surface area contributed by atoms with Gasteiger partial charge in [-0.05, 0) is 80.7 Å². The van der Waals surface area contributed by atoms with Gasteiger partial charge >= 0.3 is 12.1 Å². The summed E-state index contributed by atoms with van der Waals surface area (Å²) in [5, 5.41) is 12.9. The number of urea groups is 1. The summed E-state index contributed by atoms with van der Waals surface area (Å²) >= 11 is 0. The largest absolute Gasteiger partial charge is 0.507 e. The molecule has 0 spiro atoms. The Hall–Kier alpha value is -3.83. The van der Waals surface area contributed by atoms with Crippen molar-refractivity contribution in [1.82, 2.24) is 19.6 Å². The number of aromatic hydroxyl groups is 1. The molecule has 4 heterocycles. The fourth-order valence-corrected chi connectivity index (χ4v) is 7.54. The summed E-state index contributed by atoms with van der Waals surface area (Å²) in [6, 6.07) is 12.7. The molecule has 4 aliphatic rings. The number of phenolic OH excluding ortho intramolecular Hbond substituents is 1. The third kappa shape index (κ3) is 8.79. The van der Waals surface area contributed by atoms with Crippen molar-refractivity contribution in [2.75, 3.05) is 71.5 Å². The van der Waals surface area contributed by atoms with Gasteiger partial charge in [0, 0.05) is 69.5 Å². The predicted molar refractivity (Wildman–Crippen MR) is 185 cm³/mol.